The molecule has 24 heavy (non-hydrogen) atoms. The molecule has 0 atom stereocenters. The maximum atomic E-state index is 12.5. The Bertz CT molecular complexity index is 703. The fraction of sp³-hybridized carbons (Fsp3) is 0.400. The van der Waals surface area contributed by atoms with Crippen LogP contribution in [-0.4, -0.2) is 42.6 Å². The first-order chi connectivity index (χ1) is 11.4. The van der Waals surface area contributed by atoms with Gasteiger partial charge in [-0.05, 0) is 23.6 Å². The summed E-state index contributed by atoms with van der Waals surface area (Å²) in [6.07, 6.45) is 3.06. The molecule has 4 heteroatoms. The van der Waals surface area contributed by atoms with Crippen molar-refractivity contribution in [2.24, 2.45) is 5.41 Å². The molecule has 0 N–H and O–H groups in total. The average molecular weight is 324 g/mol. The fourth-order valence-corrected chi connectivity index (χ4v) is 3.23. The van der Waals surface area contributed by atoms with Gasteiger partial charge in [-0.15, -0.1) is 0 Å². The first kappa shape index (κ1) is 16.5. The Balaban J connectivity index is 1.69. The number of hydrogen-bond donors (Lipinski definition) is 0. The van der Waals surface area contributed by atoms with Crippen LogP contribution in [0.1, 0.15) is 20.8 Å². The van der Waals surface area contributed by atoms with Gasteiger partial charge in [0.1, 0.15) is 0 Å². The van der Waals surface area contributed by atoms with Gasteiger partial charge in [-0.1, -0.05) is 39.0 Å². The molecule has 0 saturated carbocycles. The maximum absolute atomic E-state index is 12.5. The number of ketones is 2. The Morgan fingerprint density at radius 2 is 1.38 bits per heavy atom. The minimum absolute atomic E-state index is 0.0393. The summed E-state index contributed by atoms with van der Waals surface area (Å²) in [5.74, 6) is -0.0877. The molecule has 0 amide bonds. The molecule has 0 aromatic heterocycles. The highest BCUT2D eigenvalue weighted by atomic mass is 16.1. The van der Waals surface area contributed by atoms with E-state index in [9.17, 15) is 9.59 Å². The maximum Gasteiger partial charge on any atom is 0.202 e. The van der Waals surface area contributed by atoms with Crippen LogP contribution in [0.3, 0.4) is 0 Å². The van der Waals surface area contributed by atoms with Gasteiger partial charge in [0, 0.05) is 43.5 Å². The van der Waals surface area contributed by atoms with E-state index in [4.69, 9.17) is 0 Å². The number of para-hydroxylation sites is 1. The molecule has 0 bridgehead atoms. The molecule has 0 spiro atoms. The fourth-order valence-electron chi connectivity index (χ4n) is 3.23. The van der Waals surface area contributed by atoms with Crippen LogP contribution < -0.4 is 4.90 Å². The van der Waals surface area contributed by atoms with E-state index >= 15 is 0 Å². The van der Waals surface area contributed by atoms with Crippen molar-refractivity contribution in [1.29, 1.82) is 0 Å². The molecule has 1 saturated heterocycles. The van der Waals surface area contributed by atoms with Crippen molar-refractivity contribution >= 4 is 17.3 Å². The van der Waals surface area contributed by atoms with Crippen LogP contribution in [0.5, 0.6) is 0 Å². The summed E-state index contributed by atoms with van der Waals surface area (Å²) in [4.78, 5) is 29.2. The zero-order valence-electron chi connectivity index (χ0n) is 14.6. The van der Waals surface area contributed by atoms with E-state index in [1.54, 1.807) is 0 Å². The largest absolute Gasteiger partial charge is 0.368 e. The van der Waals surface area contributed by atoms with E-state index in [1.165, 1.54) is 17.8 Å². The highest BCUT2D eigenvalue weighted by molar-refractivity contribution is 6.20. The highest BCUT2D eigenvalue weighted by Crippen LogP contribution is 2.30. The van der Waals surface area contributed by atoms with Gasteiger partial charge in [0.2, 0.25) is 5.78 Å². The minimum Gasteiger partial charge on any atom is -0.368 e. The van der Waals surface area contributed by atoms with Crippen LogP contribution in [0.2, 0.25) is 0 Å². The van der Waals surface area contributed by atoms with Gasteiger partial charge >= 0.3 is 0 Å². The van der Waals surface area contributed by atoms with Gasteiger partial charge in [-0.2, -0.15) is 0 Å². The Morgan fingerprint density at radius 1 is 0.792 bits per heavy atom. The molecule has 126 valence electrons. The number of carbonyl (C=O) groups is 2. The second-order valence-corrected chi connectivity index (χ2v) is 7.38. The Labute approximate surface area is 143 Å². The Kier molecular flexibility index (Phi) is 4.31. The molecule has 0 radical (unpaired) electrons. The molecule has 1 aromatic carbocycles. The van der Waals surface area contributed by atoms with Crippen molar-refractivity contribution in [3.05, 3.63) is 53.8 Å². The average Bonchev–Trinajstić information content (AvgIpc) is 2.56. The first-order valence-electron chi connectivity index (χ1n) is 8.44. The number of nitrogens with zero attached hydrogens (tertiary/aromatic N) is 2. The highest BCUT2D eigenvalue weighted by Gasteiger charge is 2.31. The standard InChI is InChI=1S/C20H24N2O2/c1-20(2,3)16-13-19(24)17(14-18(16)23)22-11-9-21(10-12-22)15-7-5-4-6-8-15/h4-8,13-14H,9-12H2,1-3H3. The molecule has 1 aromatic rings. The Hall–Kier alpha value is -2.36. The zero-order chi connectivity index (χ0) is 17.3. The summed E-state index contributed by atoms with van der Waals surface area (Å²) in [5, 5.41) is 0. The van der Waals surface area contributed by atoms with Crippen molar-refractivity contribution < 1.29 is 9.59 Å². The van der Waals surface area contributed by atoms with Gasteiger partial charge < -0.3 is 9.80 Å². The summed E-state index contributed by atoms with van der Waals surface area (Å²) in [5.41, 5.74) is 2.04. The molecule has 3 rings (SSSR count). The topological polar surface area (TPSA) is 40.6 Å². The number of rotatable bonds is 2. The van der Waals surface area contributed by atoms with E-state index in [0.717, 1.165) is 26.2 Å². The van der Waals surface area contributed by atoms with Crippen molar-refractivity contribution in [2.45, 2.75) is 20.8 Å². The number of carbonyl (C=O) groups excluding carboxylic acids is 2. The van der Waals surface area contributed by atoms with Crippen LogP contribution in [-0.2, 0) is 9.59 Å². The van der Waals surface area contributed by atoms with Gasteiger partial charge in [0.15, 0.2) is 5.78 Å². The predicted octanol–water partition coefficient (Wildman–Crippen LogP) is 2.82. The number of anilines is 1. The zero-order valence-corrected chi connectivity index (χ0v) is 14.6. The van der Waals surface area contributed by atoms with Crippen LogP contribution in [0.25, 0.3) is 0 Å². The molecule has 2 aliphatic rings. The first-order valence-corrected chi connectivity index (χ1v) is 8.44. The lowest BCUT2D eigenvalue weighted by Gasteiger charge is -2.38. The minimum atomic E-state index is -0.305. The van der Waals surface area contributed by atoms with Crippen molar-refractivity contribution in [3.63, 3.8) is 0 Å². The lowest BCUT2D eigenvalue weighted by atomic mass is 9.80. The molecule has 4 nitrogen and oxygen atoms in total. The van der Waals surface area contributed by atoms with Crippen LogP contribution in [0, 0.1) is 5.41 Å². The molecule has 0 unspecified atom stereocenters. The van der Waals surface area contributed by atoms with E-state index in [0.29, 0.717) is 11.3 Å². The summed E-state index contributed by atoms with van der Waals surface area (Å²) >= 11 is 0. The lowest BCUT2D eigenvalue weighted by molar-refractivity contribution is -0.116. The Morgan fingerprint density at radius 3 is 1.96 bits per heavy atom. The molecular formula is C20H24N2O2. The molecule has 1 aliphatic carbocycles. The number of allylic oxidation sites excluding steroid dienone is 3. The normalized spacial score (nSPS) is 19.3. The van der Waals surface area contributed by atoms with Crippen LogP contribution in [0.15, 0.2) is 53.8 Å². The third-order valence-electron chi connectivity index (χ3n) is 4.61. The van der Waals surface area contributed by atoms with Gasteiger partial charge in [-0.25, -0.2) is 0 Å². The van der Waals surface area contributed by atoms with E-state index in [1.807, 2.05) is 43.9 Å². The third kappa shape index (κ3) is 3.28. The summed E-state index contributed by atoms with van der Waals surface area (Å²) in [6.45, 7) is 9.07. The van der Waals surface area contributed by atoms with Crippen molar-refractivity contribution in [1.82, 2.24) is 4.90 Å². The predicted molar refractivity (Wildman–Crippen MR) is 95.9 cm³/mol. The second kappa shape index (κ2) is 6.27. The second-order valence-electron chi connectivity index (χ2n) is 7.38. The monoisotopic (exact) mass is 324 g/mol. The van der Waals surface area contributed by atoms with Crippen LogP contribution in [0.4, 0.5) is 5.69 Å². The smallest absolute Gasteiger partial charge is 0.202 e. The van der Waals surface area contributed by atoms with Crippen molar-refractivity contribution in [3.8, 4) is 0 Å². The summed E-state index contributed by atoms with van der Waals surface area (Å²) in [7, 11) is 0. The van der Waals surface area contributed by atoms with Gasteiger partial charge in [-0.3, -0.25) is 9.59 Å². The van der Waals surface area contributed by atoms with E-state index < -0.39 is 0 Å². The molecule has 1 fully saturated rings. The number of piperazine rings is 1. The lowest BCUT2D eigenvalue weighted by Crippen LogP contribution is -2.47. The van der Waals surface area contributed by atoms with Crippen LogP contribution >= 0.6 is 0 Å². The molecule has 1 heterocycles. The summed E-state index contributed by atoms with van der Waals surface area (Å²) < 4.78 is 0. The quantitative estimate of drug-likeness (QED) is 0.785. The molecule has 1 aliphatic heterocycles. The third-order valence-corrected chi connectivity index (χ3v) is 4.61. The van der Waals surface area contributed by atoms with E-state index in [-0.39, 0.29) is 17.0 Å². The SMILES string of the molecule is CC(C)(C)C1=CC(=O)C(N2CCN(c3ccccc3)CC2)=CC1=O. The number of benzene rings is 1. The summed E-state index contributed by atoms with van der Waals surface area (Å²) in [6, 6.07) is 10.3. The van der Waals surface area contributed by atoms with Gasteiger partial charge in [0.25, 0.3) is 0 Å². The van der Waals surface area contributed by atoms with Crippen molar-refractivity contribution in [2.75, 3.05) is 31.1 Å². The number of hydrogen-bond acceptors (Lipinski definition) is 4. The van der Waals surface area contributed by atoms with E-state index in [2.05, 4.69) is 17.0 Å². The van der Waals surface area contributed by atoms with Gasteiger partial charge in [0.05, 0.1) is 5.70 Å². The molecular weight excluding hydrogens is 300 g/mol.